The second-order valence-electron chi connectivity index (χ2n) is 4.83. The molecular weight excluding hydrogens is 241 g/mol. The highest BCUT2D eigenvalue weighted by Crippen LogP contribution is 2.34. The van der Waals surface area contributed by atoms with E-state index in [1.54, 1.807) is 12.1 Å². The SMILES string of the molecule is Fc1ccc(Cl)cc1CNC1CC2CCC1O2. The molecule has 0 aliphatic carbocycles. The summed E-state index contributed by atoms with van der Waals surface area (Å²) in [4.78, 5) is 0. The summed E-state index contributed by atoms with van der Waals surface area (Å²) in [6.45, 7) is 0.517. The van der Waals surface area contributed by atoms with Crippen molar-refractivity contribution < 1.29 is 9.13 Å². The Morgan fingerprint density at radius 1 is 1.41 bits per heavy atom. The lowest BCUT2D eigenvalue weighted by Gasteiger charge is -2.20. The van der Waals surface area contributed by atoms with E-state index in [2.05, 4.69) is 5.32 Å². The maximum atomic E-state index is 13.5. The first-order valence-corrected chi connectivity index (χ1v) is 6.43. The number of nitrogens with one attached hydrogen (secondary N) is 1. The van der Waals surface area contributed by atoms with Crippen LogP contribution in [0.2, 0.25) is 5.02 Å². The fraction of sp³-hybridized carbons (Fsp3) is 0.538. The highest BCUT2D eigenvalue weighted by Gasteiger charge is 2.40. The maximum Gasteiger partial charge on any atom is 0.127 e. The van der Waals surface area contributed by atoms with E-state index < -0.39 is 0 Å². The molecular formula is C13H15ClFNO. The second kappa shape index (κ2) is 4.56. The van der Waals surface area contributed by atoms with E-state index in [1.807, 2.05) is 0 Å². The molecule has 4 heteroatoms. The Hall–Kier alpha value is -0.640. The van der Waals surface area contributed by atoms with Gasteiger partial charge in [0.05, 0.1) is 12.2 Å². The molecule has 0 amide bonds. The molecule has 2 heterocycles. The molecule has 2 nitrogen and oxygen atoms in total. The van der Waals surface area contributed by atoms with E-state index in [-0.39, 0.29) is 5.82 Å². The van der Waals surface area contributed by atoms with Gasteiger partial charge in [-0.1, -0.05) is 11.6 Å². The summed E-state index contributed by atoms with van der Waals surface area (Å²) in [5.74, 6) is -0.203. The number of hydrogen-bond acceptors (Lipinski definition) is 2. The van der Waals surface area contributed by atoms with Crippen LogP contribution in [0.1, 0.15) is 24.8 Å². The van der Waals surface area contributed by atoms with Crippen LogP contribution in [0.5, 0.6) is 0 Å². The van der Waals surface area contributed by atoms with E-state index in [0.717, 1.165) is 12.8 Å². The molecule has 2 saturated heterocycles. The number of benzene rings is 1. The largest absolute Gasteiger partial charge is 0.373 e. The summed E-state index contributed by atoms with van der Waals surface area (Å²) in [6.07, 6.45) is 4.09. The minimum Gasteiger partial charge on any atom is -0.373 e. The van der Waals surface area contributed by atoms with Crippen molar-refractivity contribution in [2.45, 2.75) is 44.1 Å². The highest BCUT2D eigenvalue weighted by molar-refractivity contribution is 6.30. The van der Waals surface area contributed by atoms with Gasteiger partial charge in [-0.3, -0.25) is 0 Å². The van der Waals surface area contributed by atoms with Crippen molar-refractivity contribution in [3.63, 3.8) is 0 Å². The first-order chi connectivity index (χ1) is 8.22. The molecule has 17 heavy (non-hydrogen) atoms. The van der Waals surface area contributed by atoms with Crippen LogP contribution in [0, 0.1) is 5.82 Å². The molecule has 1 aromatic rings. The molecule has 0 radical (unpaired) electrons. The van der Waals surface area contributed by atoms with Gasteiger partial charge in [0.25, 0.3) is 0 Å². The summed E-state index contributed by atoms with van der Waals surface area (Å²) in [5.41, 5.74) is 0.625. The Kier molecular flexibility index (Phi) is 3.07. The molecule has 2 aliphatic rings. The van der Waals surface area contributed by atoms with Crippen molar-refractivity contribution in [3.05, 3.63) is 34.6 Å². The average Bonchev–Trinajstić information content (AvgIpc) is 2.92. The topological polar surface area (TPSA) is 21.3 Å². The predicted octanol–water partition coefficient (Wildman–Crippen LogP) is 2.89. The molecule has 3 unspecified atom stereocenters. The highest BCUT2D eigenvalue weighted by atomic mass is 35.5. The Balaban J connectivity index is 1.62. The second-order valence-corrected chi connectivity index (χ2v) is 5.27. The molecule has 1 N–H and O–H groups in total. The summed E-state index contributed by atoms with van der Waals surface area (Å²) >= 11 is 5.86. The lowest BCUT2D eigenvalue weighted by Crippen LogP contribution is -2.37. The van der Waals surface area contributed by atoms with Gasteiger partial charge in [-0.25, -0.2) is 4.39 Å². The molecule has 0 saturated carbocycles. The normalized spacial score (nSPS) is 31.1. The van der Waals surface area contributed by atoms with Gasteiger partial charge in [0, 0.05) is 23.2 Å². The molecule has 2 fully saturated rings. The number of fused-ring (bicyclic) bond motifs is 2. The minimum absolute atomic E-state index is 0.203. The van der Waals surface area contributed by atoms with Crippen molar-refractivity contribution in [1.29, 1.82) is 0 Å². The maximum absolute atomic E-state index is 13.5. The molecule has 1 aromatic carbocycles. The van der Waals surface area contributed by atoms with E-state index in [1.165, 1.54) is 12.5 Å². The molecule has 2 bridgehead atoms. The minimum atomic E-state index is -0.203. The van der Waals surface area contributed by atoms with Gasteiger partial charge in [-0.15, -0.1) is 0 Å². The van der Waals surface area contributed by atoms with Crippen molar-refractivity contribution in [2.24, 2.45) is 0 Å². The Morgan fingerprint density at radius 2 is 2.29 bits per heavy atom. The van der Waals surface area contributed by atoms with Crippen LogP contribution < -0.4 is 5.32 Å². The fourth-order valence-corrected chi connectivity index (χ4v) is 2.97. The molecule has 92 valence electrons. The number of halogens is 2. The van der Waals surface area contributed by atoms with Crippen molar-refractivity contribution in [3.8, 4) is 0 Å². The van der Waals surface area contributed by atoms with Crippen LogP contribution in [0.25, 0.3) is 0 Å². The van der Waals surface area contributed by atoms with Gasteiger partial charge < -0.3 is 10.1 Å². The third-order valence-electron chi connectivity index (χ3n) is 3.67. The van der Waals surface area contributed by atoms with Crippen LogP contribution in [-0.4, -0.2) is 18.2 Å². The zero-order chi connectivity index (χ0) is 11.8. The van der Waals surface area contributed by atoms with Crippen LogP contribution in [-0.2, 0) is 11.3 Å². The molecule has 0 aromatic heterocycles. The third-order valence-corrected chi connectivity index (χ3v) is 3.90. The van der Waals surface area contributed by atoms with Gasteiger partial charge in [0.1, 0.15) is 5.82 Å². The van der Waals surface area contributed by atoms with E-state index >= 15 is 0 Å². The number of hydrogen-bond donors (Lipinski definition) is 1. The summed E-state index contributed by atoms with van der Waals surface area (Å²) in [5, 5.41) is 3.95. The first kappa shape index (κ1) is 11.5. The zero-order valence-corrected chi connectivity index (χ0v) is 10.2. The van der Waals surface area contributed by atoms with Gasteiger partial charge >= 0.3 is 0 Å². The van der Waals surface area contributed by atoms with Crippen LogP contribution >= 0.6 is 11.6 Å². The van der Waals surface area contributed by atoms with Gasteiger partial charge in [0.15, 0.2) is 0 Å². The first-order valence-electron chi connectivity index (χ1n) is 6.05. The lowest BCUT2D eigenvalue weighted by atomic mass is 9.95. The zero-order valence-electron chi connectivity index (χ0n) is 9.46. The third kappa shape index (κ3) is 2.32. The Labute approximate surface area is 105 Å². The smallest absolute Gasteiger partial charge is 0.127 e. The summed E-state index contributed by atoms with van der Waals surface area (Å²) < 4.78 is 19.2. The molecule has 3 atom stereocenters. The molecule has 3 rings (SSSR count). The number of rotatable bonds is 3. The monoisotopic (exact) mass is 255 g/mol. The fourth-order valence-electron chi connectivity index (χ4n) is 2.77. The molecule has 0 spiro atoms. The van der Waals surface area contributed by atoms with Crippen LogP contribution in [0.4, 0.5) is 4.39 Å². The quantitative estimate of drug-likeness (QED) is 0.897. The van der Waals surface area contributed by atoms with Gasteiger partial charge in [-0.2, -0.15) is 0 Å². The van der Waals surface area contributed by atoms with Crippen LogP contribution in [0.3, 0.4) is 0 Å². The van der Waals surface area contributed by atoms with Gasteiger partial charge in [0.2, 0.25) is 0 Å². The van der Waals surface area contributed by atoms with E-state index in [4.69, 9.17) is 16.3 Å². The number of ether oxygens (including phenoxy) is 1. The van der Waals surface area contributed by atoms with E-state index in [9.17, 15) is 4.39 Å². The lowest BCUT2D eigenvalue weighted by molar-refractivity contribution is 0.0972. The van der Waals surface area contributed by atoms with Crippen LogP contribution in [0.15, 0.2) is 18.2 Å². The Bertz CT molecular complexity index is 426. The average molecular weight is 256 g/mol. The molecule has 2 aliphatic heterocycles. The Morgan fingerprint density at radius 3 is 3.00 bits per heavy atom. The summed E-state index contributed by atoms with van der Waals surface area (Å²) in [7, 11) is 0. The standard InChI is InChI=1S/C13H15ClFNO/c14-9-1-3-11(15)8(5-9)7-16-12-6-10-2-4-13(12)17-10/h1,3,5,10,12-13,16H,2,4,6-7H2. The predicted molar refractivity (Wildman–Crippen MR) is 64.5 cm³/mol. The van der Waals surface area contributed by atoms with E-state index in [0.29, 0.717) is 35.4 Å². The summed E-state index contributed by atoms with van der Waals surface area (Å²) in [6, 6.07) is 5.03. The van der Waals surface area contributed by atoms with Crippen molar-refractivity contribution >= 4 is 11.6 Å². The van der Waals surface area contributed by atoms with Crippen molar-refractivity contribution in [2.75, 3.05) is 0 Å². The van der Waals surface area contributed by atoms with Crippen molar-refractivity contribution in [1.82, 2.24) is 5.32 Å². The van der Waals surface area contributed by atoms with Gasteiger partial charge in [-0.05, 0) is 37.5 Å².